The Balaban J connectivity index is 3.22. The standard InChI is InChI=1S/C19H37NO3/c1-2-3-4-5-6-10-13-18-23-19(22)14-11-8-7-9-12-15-20-16-17-21/h6,10,20-21H,2-5,7-9,11-18H2,1H3/b10-6-. The Labute approximate surface area is 142 Å². The molecule has 0 atom stereocenters. The number of nitrogens with one attached hydrogen (secondary N) is 1. The lowest BCUT2D eigenvalue weighted by Gasteiger charge is -2.04. The number of hydrogen-bond donors (Lipinski definition) is 2. The molecule has 0 heterocycles. The fourth-order valence-corrected chi connectivity index (χ4v) is 2.31. The first-order valence-electron chi connectivity index (χ1n) is 9.43. The fourth-order valence-electron chi connectivity index (χ4n) is 2.31. The highest BCUT2D eigenvalue weighted by Crippen LogP contribution is 2.06. The highest BCUT2D eigenvalue weighted by atomic mass is 16.5. The average molecular weight is 328 g/mol. The van der Waals surface area contributed by atoms with E-state index in [1.807, 2.05) is 0 Å². The number of aliphatic hydroxyl groups is 1. The van der Waals surface area contributed by atoms with Gasteiger partial charge in [0, 0.05) is 13.0 Å². The minimum Gasteiger partial charge on any atom is -0.465 e. The van der Waals surface area contributed by atoms with Crippen LogP contribution in [0.2, 0.25) is 0 Å². The highest BCUT2D eigenvalue weighted by Gasteiger charge is 2.01. The molecule has 136 valence electrons. The zero-order chi connectivity index (χ0) is 17.0. The first-order valence-corrected chi connectivity index (χ1v) is 9.43. The number of hydrogen-bond acceptors (Lipinski definition) is 4. The molecule has 23 heavy (non-hydrogen) atoms. The van der Waals surface area contributed by atoms with E-state index < -0.39 is 0 Å². The first-order chi connectivity index (χ1) is 11.3. The molecule has 0 radical (unpaired) electrons. The predicted molar refractivity (Wildman–Crippen MR) is 96.5 cm³/mol. The summed E-state index contributed by atoms with van der Waals surface area (Å²) in [4.78, 5) is 11.5. The van der Waals surface area contributed by atoms with Gasteiger partial charge in [-0.3, -0.25) is 4.79 Å². The molecule has 4 nitrogen and oxygen atoms in total. The lowest BCUT2D eigenvalue weighted by atomic mass is 10.1. The quantitative estimate of drug-likeness (QED) is 0.241. The molecule has 0 amide bonds. The third-order valence-corrected chi connectivity index (χ3v) is 3.71. The molecule has 4 heteroatoms. The van der Waals surface area contributed by atoms with Crippen LogP contribution in [0, 0.1) is 0 Å². The Morgan fingerprint density at radius 1 is 0.957 bits per heavy atom. The second-order valence-electron chi connectivity index (χ2n) is 5.97. The predicted octanol–water partition coefficient (Wildman–Crippen LogP) is 3.98. The molecule has 0 saturated carbocycles. The number of aliphatic hydroxyl groups excluding tert-OH is 1. The van der Waals surface area contributed by atoms with E-state index in [9.17, 15) is 4.79 Å². The van der Waals surface area contributed by atoms with E-state index in [0.717, 1.165) is 45.1 Å². The van der Waals surface area contributed by atoms with Gasteiger partial charge in [0.05, 0.1) is 13.2 Å². The average Bonchev–Trinajstić information content (AvgIpc) is 2.56. The molecule has 2 N–H and O–H groups in total. The number of ether oxygens (including phenoxy) is 1. The Bertz CT molecular complexity index is 280. The molecule has 0 saturated heterocycles. The van der Waals surface area contributed by atoms with Gasteiger partial charge < -0.3 is 15.2 Å². The maximum atomic E-state index is 11.5. The third kappa shape index (κ3) is 19.1. The fraction of sp³-hybridized carbons (Fsp3) is 0.842. The SMILES string of the molecule is CCCCC/C=C\CCOC(=O)CCCCCCCNCCO. The minimum absolute atomic E-state index is 0.0611. The van der Waals surface area contributed by atoms with E-state index in [1.54, 1.807) is 0 Å². The topological polar surface area (TPSA) is 58.6 Å². The number of carbonyl (C=O) groups excluding carboxylic acids is 1. The number of esters is 1. The van der Waals surface area contributed by atoms with E-state index in [2.05, 4.69) is 24.4 Å². The zero-order valence-corrected chi connectivity index (χ0v) is 15.0. The smallest absolute Gasteiger partial charge is 0.305 e. The molecule has 0 fully saturated rings. The number of allylic oxidation sites excluding steroid dienone is 1. The van der Waals surface area contributed by atoms with Crippen LogP contribution < -0.4 is 5.32 Å². The van der Waals surface area contributed by atoms with Crippen LogP contribution in [0.1, 0.15) is 77.6 Å². The van der Waals surface area contributed by atoms with Crippen molar-refractivity contribution in [3.05, 3.63) is 12.2 Å². The Kier molecular flexibility index (Phi) is 18.5. The Hall–Kier alpha value is -0.870. The molecule has 0 aromatic carbocycles. The Morgan fingerprint density at radius 2 is 1.70 bits per heavy atom. The maximum absolute atomic E-state index is 11.5. The van der Waals surface area contributed by atoms with Gasteiger partial charge in [-0.05, 0) is 38.6 Å². The van der Waals surface area contributed by atoms with Crippen LogP contribution in [0.15, 0.2) is 12.2 Å². The second kappa shape index (κ2) is 19.2. The van der Waals surface area contributed by atoms with E-state index in [4.69, 9.17) is 9.84 Å². The van der Waals surface area contributed by atoms with Gasteiger partial charge in [0.1, 0.15) is 0 Å². The van der Waals surface area contributed by atoms with Crippen LogP contribution in [-0.4, -0.2) is 37.4 Å². The second-order valence-corrected chi connectivity index (χ2v) is 5.97. The van der Waals surface area contributed by atoms with Crippen LogP contribution >= 0.6 is 0 Å². The molecule has 0 unspecified atom stereocenters. The normalized spacial score (nSPS) is 11.2. The van der Waals surface area contributed by atoms with Crippen LogP contribution in [-0.2, 0) is 9.53 Å². The van der Waals surface area contributed by atoms with Crippen LogP contribution in [0.25, 0.3) is 0 Å². The summed E-state index contributed by atoms with van der Waals surface area (Å²) in [6.45, 7) is 4.57. The summed E-state index contributed by atoms with van der Waals surface area (Å²) < 4.78 is 5.22. The van der Waals surface area contributed by atoms with Crippen molar-refractivity contribution in [2.45, 2.75) is 77.6 Å². The third-order valence-electron chi connectivity index (χ3n) is 3.71. The van der Waals surface area contributed by atoms with Crippen molar-refractivity contribution in [2.75, 3.05) is 26.3 Å². The monoisotopic (exact) mass is 327 g/mol. The van der Waals surface area contributed by atoms with Crippen molar-refractivity contribution < 1.29 is 14.6 Å². The molecule has 0 aliphatic carbocycles. The van der Waals surface area contributed by atoms with Gasteiger partial charge >= 0.3 is 5.97 Å². The van der Waals surface area contributed by atoms with Crippen molar-refractivity contribution in [3.8, 4) is 0 Å². The largest absolute Gasteiger partial charge is 0.465 e. The number of carbonyl (C=O) groups is 1. The van der Waals surface area contributed by atoms with Gasteiger partial charge in [-0.15, -0.1) is 0 Å². The molecular weight excluding hydrogens is 290 g/mol. The van der Waals surface area contributed by atoms with Crippen molar-refractivity contribution >= 4 is 5.97 Å². The van der Waals surface area contributed by atoms with Crippen molar-refractivity contribution in [1.29, 1.82) is 0 Å². The van der Waals surface area contributed by atoms with Crippen molar-refractivity contribution in [1.82, 2.24) is 5.32 Å². The van der Waals surface area contributed by atoms with Gasteiger partial charge in [0.25, 0.3) is 0 Å². The van der Waals surface area contributed by atoms with Crippen LogP contribution in [0.3, 0.4) is 0 Å². The molecular formula is C19H37NO3. The van der Waals surface area contributed by atoms with Gasteiger partial charge in [-0.2, -0.15) is 0 Å². The van der Waals surface area contributed by atoms with E-state index >= 15 is 0 Å². The summed E-state index contributed by atoms with van der Waals surface area (Å²) in [7, 11) is 0. The minimum atomic E-state index is -0.0611. The number of rotatable bonds is 17. The summed E-state index contributed by atoms with van der Waals surface area (Å²) in [6, 6.07) is 0. The maximum Gasteiger partial charge on any atom is 0.305 e. The molecule has 0 aliphatic heterocycles. The highest BCUT2D eigenvalue weighted by molar-refractivity contribution is 5.69. The zero-order valence-electron chi connectivity index (χ0n) is 15.0. The molecule has 0 spiro atoms. The summed E-state index contributed by atoms with van der Waals surface area (Å²) in [5.74, 6) is -0.0611. The van der Waals surface area contributed by atoms with Crippen molar-refractivity contribution in [3.63, 3.8) is 0 Å². The Morgan fingerprint density at radius 3 is 2.48 bits per heavy atom. The van der Waals surface area contributed by atoms with E-state index in [0.29, 0.717) is 19.6 Å². The summed E-state index contributed by atoms with van der Waals surface area (Å²) in [5.41, 5.74) is 0. The van der Waals surface area contributed by atoms with Crippen molar-refractivity contribution in [2.24, 2.45) is 0 Å². The lowest BCUT2D eigenvalue weighted by Crippen LogP contribution is -2.19. The molecule has 0 aliphatic rings. The number of unbranched alkanes of at least 4 members (excludes halogenated alkanes) is 7. The van der Waals surface area contributed by atoms with Gasteiger partial charge in [0.15, 0.2) is 0 Å². The van der Waals surface area contributed by atoms with E-state index in [-0.39, 0.29) is 12.6 Å². The van der Waals surface area contributed by atoms with Gasteiger partial charge in [0.2, 0.25) is 0 Å². The van der Waals surface area contributed by atoms with Crippen LogP contribution in [0.5, 0.6) is 0 Å². The molecule has 0 bridgehead atoms. The van der Waals surface area contributed by atoms with Gasteiger partial charge in [-0.1, -0.05) is 51.2 Å². The van der Waals surface area contributed by atoms with Crippen LogP contribution in [0.4, 0.5) is 0 Å². The molecule has 0 rings (SSSR count). The first kappa shape index (κ1) is 22.1. The van der Waals surface area contributed by atoms with Gasteiger partial charge in [-0.25, -0.2) is 0 Å². The summed E-state index contributed by atoms with van der Waals surface area (Å²) >= 11 is 0. The van der Waals surface area contributed by atoms with E-state index in [1.165, 1.54) is 25.7 Å². The lowest BCUT2D eigenvalue weighted by molar-refractivity contribution is -0.143. The molecule has 0 aromatic rings. The summed E-state index contributed by atoms with van der Waals surface area (Å²) in [6.07, 6.45) is 16.1. The summed E-state index contributed by atoms with van der Waals surface area (Å²) in [5, 5.41) is 11.8. The molecule has 0 aromatic heterocycles.